The van der Waals surface area contributed by atoms with Crippen LogP contribution >= 0.6 is 11.3 Å². The van der Waals surface area contributed by atoms with Crippen LogP contribution in [-0.4, -0.2) is 55.5 Å². The summed E-state index contributed by atoms with van der Waals surface area (Å²) in [6.07, 6.45) is 3.73. The SMILES string of the molecule is NS(=O)(=O)c1cc(C(=O)NC2CC(N(CC(=O)O)CC3CC3)C2)cs1. The van der Waals surface area contributed by atoms with E-state index in [2.05, 4.69) is 5.32 Å². The van der Waals surface area contributed by atoms with Crippen LogP contribution in [0, 0.1) is 5.92 Å². The van der Waals surface area contributed by atoms with Crippen molar-refractivity contribution in [2.75, 3.05) is 13.1 Å². The number of carboxylic acids is 1. The van der Waals surface area contributed by atoms with Crippen LogP contribution in [0.1, 0.15) is 36.0 Å². The summed E-state index contributed by atoms with van der Waals surface area (Å²) in [6.45, 7) is 0.837. The molecule has 0 saturated heterocycles. The van der Waals surface area contributed by atoms with Crippen LogP contribution in [0.25, 0.3) is 0 Å². The van der Waals surface area contributed by atoms with Crippen molar-refractivity contribution < 1.29 is 23.1 Å². The van der Waals surface area contributed by atoms with Crippen LogP contribution in [0.15, 0.2) is 15.7 Å². The molecule has 0 unspecified atom stereocenters. The first-order valence-electron chi connectivity index (χ1n) is 8.10. The number of nitrogens with zero attached hydrogens (tertiary/aromatic N) is 1. The fourth-order valence-electron chi connectivity index (χ4n) is 3.01. The number of sulfonamides is 1. The predicted octanol–water partition coefficient (Wildman–Crippen LogP) is 0.453. The third-order valence-corrected chi connectivity index (χ3v) is 7.00. The highest BCUT2D eigenvalue weighted by molar-refractivity contribution is 7.91. The second-order valence-electron chi connectivity index (χ2n) is 6.76. The van der Waals surface area contributed by atoms with E-state index in [1.165, 1.54) is 11.4 Å². The van der Waals surface area contributed by atoms with Gasteiger partial charge in [-0.25, -0.2) is 13.6 Å². The van der Waals surface area contributed by atoms with Gasteiger partial charge in [-0.1, -0.05) is 0 Å². The molecule has 4 N–H and O–H groups in total. The molecule has 0 bridgehead atoms. The standard InChI is InChI=1S/C15H21N3O5S2/c16-25(22,23)14-3-10(8-24-14)15(21)17-11-4-12(5-11)18(7-13(19)20)6-9-1-2-9/h3,8-9,11-12H,1-2,4-7H2,(H,17,21)(H,19,20)(H2,16,22,23). The molecule has 8 nitrogen and oxygen atoms in total. The Morgan fingerprint density at radius 3 is 2.56 bits per heavy atom. The predicted molar refractivity (Wildman–Crippen MR) is 91.9 cm³/mol. The van der Waals surface area contributed by atoms with Gasteiger partial charge in [0.15, 0.2) is 0 Å². The fraction of sp³-hybridized carbons (Fsp3) is 0.600. The molecule has 0 aliphatic heterocycles. The van der Waals surface area contributed by atoms with E-state index in [1.54, 1.807) is 0 Å². The van der Waals surface area contributed by atoms with Crippen molar-refractivity contribution in [1.82, 2.24) is 10.2 Å². The zero-order chi connectivity index (χ0) is 18.2. The molecule has 2 aliphatic rings. The summed E-state index contributed by atoms with van der Waals surface area (Å²) in [7, 11) is -3.80. The minimum atomic E-state index is -3.80. The number of primary sulfonamides is 1. The van der Waals surface area contributed by atoms with Crippen LogP contribution in [0.5, 0.6) is 0 Å². The summed E-state index contributed by atoms with van der Waals surface area (Å²) >= 11 is 0.916. The van der Waals surface area contributed by atoms with Crippen molar-refractivity contribution in [3.8, 4) is 0 Å². The zero-order valence-electron chi connectivity index (χ0n) is 13.6. The highest BCUT2D eigenvalue weighted by atomic mass is 32.2. The molecule has 2 aliphatic carbocycles. The fourth-order valence-corrected chi connectivity index (χ4v) is 4.59. The Hall–Kier alpha value is -1.49. The molecule has 1 aromatic rings. The van der Waals surface area contributed by atoms with Gasteiger partial charge in [0, 0.05) is 24.0 Å². The quantitative estimate of drug-likeness (QED) is 0.594. The summed E-state index contributed by atoms with van der Waals surface area (Å²) < 4.78 is 22.5. The summed E-state index contributed by atoms with van der Waals surface area (Å²) in [5.41, 5.74) is 0.276. The number of carbonyl (C=O) groups is 2. The van der Waals surface area contributed by atoms with Crippen molar-refractivity contribution >= 4 is 33.2 Å². The van der Waals surface area contributed by atoms with Gasteiger partial charge in [-0.15, -0.1) is 11.3 Å². The summed E-state index contributed by atoms with van der Waals surface area (Å²) in [4.78, 5) is 25.2. The lowest BCUT2D eigenvalue weighted by atomic mass is 9.85. The smallest absolute Gasteiger partial charge is 0.317 e. The molecule has 1 aromatic heterocycles. The van der Waals surface area contributed by atoms with Gasteiger partial charge in [0.05, 0.1) is 12.1 Å². The number of aliphatic carboxylic acids is 1. The number of hydrogen-bond donors (Lipinski definition) is 3. The van der Waals surface area contributed by atoms with E-state index in [0.29, 0.717) is 18.8 Å². The Labute approximate surface area is 150 Å². The number of amides is 1. The van der Waals surface area contributed by atoms with Crippen LogP contribution in [0.4, 0.5) is 0 Å². The topological polar surface area (TPSA) is 130 Å². The van der Waals surface area contributed by atoms with Gasteiger partial charge in [-0.3, -0.25) is 14.5 Å². The Balaban J connectivity index is 1.51. The van der Waals surface area contributed by atoms with Crippen molar-refractivity contribution in [3.63, 3.8) is 0 Å². The van der Waals surface area contributed by atoms with Gasteiger partial charge in [0.1, 0.15) is 4.21 Å². The second kappa shape index (κ2) is 7.02. The maximum atomic E-state index is 12.2. The van der Waals surface area contributed by atoms with E-state index >= 15 is 0 Å². The lowest BCUT2D eigenvalue weighted by Gasteiger charge is -2.42. The van der Waals surface area contributed by atoms with Crippen molar-refractivity contribution in [2.24, 2.45) is 11.1 Å². The molecule has 0 aromatic carbocycles. The maximum Gasteiger partial charge on any atom is 0.317 e. The normalized spacial score (nSPS) is 23.3. The van der Waals surface area contributed by atoms with Gasteiger partial charge < -0.3 is 10.4 Å². The van der Waals surface area contributed by atoms with Crippen LogP contribution in [0.3, 0.4) is 0 Å². The zero-order valence-corrected chi connectivity index (χ0v) is 15.2. The molecule has 0 radical (unpaired) electrons. The molecule has 10 heteroatoms. The number of carboxylic acid groups (broad SMARTS) is 1. The van der Waals surface area contributed by atoms with E-state index < -0.39 is 16.0 Å². The first-order chi connectivity index (χ1) is 11.7. The van der Waals surface area contributed by atoms with Crippen LogP contribution < -0.4 is 10.5 Å². The molecular weight excluding hydrogens is 366 g/mol. The number of hydrogen-bond acceptors (Lipinski definition) is 6. The number of nitrogens with two attached hydrogens (primary N) is 1. The minimum Gasteiger partial charge on any atom is -0.480 e. The van der Waals surface area contributed by atoms with E-state index in [4.69, 9.17) is 10.2 Å². The minimum absolute atomic E-state index is 0.0224. The molecule has 0 atom stereocenters. The molecule has 0 spiro atoms. The van der Waals surface area contributed by atoms with Gasteiger partial charge in [-0.05, 0) is 37.7 Å². The summed E-state index contributed by atoms with van der Waals surface area (Å²) in [5, 5.41) is 18.4. The first kappa shape index (κ1) is 18.3. The van der Waals surface area contributed by atoms with E-state index in [9.17, 15) is 18.0 Å². The average Bonchev–Trinajstić information content (AvgIpc) is 3.11. The Bertz CT molecular complexity index is 766. The number of rotatable bonds is 8. The third kappa shape index (κ3) is 4.78. The van der Waals surface area contributed by atoms with Crippen LogP contribution in [-0.2, 0) is 14.8 Å². The van der Waals surface area contributed by atoms with Crippen molar-refractivity contribution in [1.29, 1.82) is 0 Å². The van der Waals surface area contributed by atoms with Crippen molar-refractivity contribution in [2.45, 2.75) is 42.0 Å². The van der Waals surface area contributed by atoms with Gasteiger partial charge >= 0.3 is 5.97 Å². The number of carbonyl (C=O) groups excluding carboxylic acids is 1. The van der Waals surface area contributed by atoms with Gasteiger partial charge in [-0.2, -0.15) is 0 Å². The highest BCUT2D eigenvalue weighted by Crippen LogP contribution is 2.34. The molecule has 138 valence electrons. The van der Waals surface area contributed by atoms with Gasteiger partial charge in [0.2, 0.25) is 10.0 Å². The van der Waals surface area contributed by atoms with Gasteiger partial charge in [0.25, 0.3) is 5.91 Å². The molecular formula is C15H21N3O5S2. The molecule has 1 amide bonds. The number of thiophene rings is 1. The lowest BCUT2D eigenvalue weighted by Crippen LogP contribution is -2.55. The van der Waals surface area contributed by atoms with Crippen molar-refractivity contribution in [3.05, 3.63) is 17.0 Å². The van der Waals surface area contributed by atoms with E-state index in [0.717, 1.165) is 30.7 Å². The second-order valence-corrected chi connectivity index (χ2v) is 9.46. The first-order valence-corrected chi connectivity index (χ1v) is 10.5. The molecule has 2 saturated carbocycles. The Morgan fingerprint density at radius 1 is 1.36 bits per heavy atom. The van der Waals surface area contributed by atoms with E-state index in [1.807, 2.05) is 4.90 Å². The summed E-state index contributed by atoms with van der Waals surface area (Å²) in [5.74, 6) is -0.557. The maximum absolute atomic E-state index is 12.2. The summed E-state index contributed by atoms with van der Waals surface area (Å²) in [6, 6.07) is 1.42. The third-order valence-electron chi connectivity index (χ3n) is 4.61. The lowest BCUT2D eigenvalue weighted by molar-refractivity contribution is -0.139. The average molecular weight is 387 g/mol. The largest absolute Gasteiger partial charge is 0.480 e. The molecule has 2 fully saturated rings. The van der Waals surface area contributed by atoms with Crippen LogP contribution in [0.2, 0.25) is 0 Å². The molecule has 25 heavy (non-hydrogen) atoms. The number of nitrogens with one attached hydrogen (secondary N) is 1. The van der Waals surface area contributed by atoms with E-state index in [-0.39, 0.29) is 34.3 Å². The molecule has 3 rings (SSSR count). The monoisotopic (exact) mass is 387 g/mol. The Morgan fingerprint density at radius 2 is 2.04 bits per heavy atom. The Kier molecular flexibility index (Phi) is 5.14. The molecule has 1 heterocycles. The highest BCUT2D eigenvalue weighted by Gasteiger charge is 2.37.